The molecule has 2 saturated heterocycles. The third-order valence-electron chi connectivity index (χ3n) is 10.7. The first-order chi connectivity index (χ1) is 27.1. The van der Waals surface area contributed by atoms with Gasteiger partial charge in [0.2, 0.25) is 11.7 Å². The molecule has 3 fully saturated rings. The number of aromatic nitrogens is 3. The van der Waals surface area contributed by atoms with Gasteiger partial charge >= 0.3 is 0 Å². The van der Waals surface area contributed by atoms with Crippen LogP contribution in [0.3, 0.4) is 0 Å². The van der Waals surface area contributed by atoms with E-state index >= 15 is 0 Å². The number of amides is 3. The number of piperidine rings is 1. The second-order valence-corrected chi connectivity index (χ2v) is 17.2. The highest BCUT2D eigenvalue weighted by atomic mass is 32.2. The van der Waals surface area contributed by atoms with Crippen molar-refractivity contribution in [2.75, 3.05) is 25.4 Å². The summed E-state index contributed by atoms with van der Waals surface area (Å²) in [7, 11) is 0. The van der Waals surface area contributed by atoms with E-state index in [0.717, 1.165) is 41.7 Å². The SMILES string of the molecule is Cc1c(O)cccc1C(=O)N[C@@H](CSc1ccccc1)[C@H](O)CN1C[C@H]2CCCC[C@H]2C[C@H]1C(=O)NC(C)(C)C.NC(=O)c1ncn([C@@H]2O[C@H](CO)[C@@H](O)[C@H]2O)n1. The van der Waals surface area contributed by atoms with Crippen LogP contribution in [0, 0.1) is 18.8 Å². The van der Waals surface area contributed by atoms with Gasteiger partial charge in [-0.1, -0.05) is 43.5 Å². The van der Waals surface area contributed by atoms with Crippen molar-refractivity contribution in [2.24, 2.45) is 17.6 Å². The first-order valence-corrected chi connectivity index (χ1v) is 20.4. The van der Waals surface area contributed by atoms with Crippen LogP contribution in [0.15, 0.2) is 59.8 Å². The number of likely N-dealkylation sites (tertiary alicyclic amines) is 1. The summed E-state index contributed by atoms with van der Waals surface area (Å²) in [6.45, 7) is 8.32. The first-order valence-electron chi connectivity index (χ1n) is 19.4. The Morgan fingerprint density at radius 3 is 2.37 bits per heavy atom. The van der Waals surface area contributed by atoms with Crippen molar-refractivity contribution >= 4 is 29.5 Å². The Balaban J connectivity index is 0.000000303. The van der Waals surface area contributed by atoms with Crippen LogP contribution < -0.4 is 16.4 Å². The quantitative estimate of drug-likeness (QED) is 0.122. The summed E-state index contributed by atoms with van der Waals surface area (Å²) in [5.74, 6) is 0.243. The fourth-order valence-electron chi connectivity index (χ4n) is 7.67. The lowest BCUT2D eigenvalue weighted by molar-refractivity contribution is -0.132. The van der Waals surface area contributed by atoms with Gasteiger partial charge in [0.05, 0.1) is 24.8 Å². The highest BCUT2D eigenvalue weighted by molar-refractivity contribution is 7.99. The topological polar surface area (TPSA) is 246 Å². The van der Waals surface area contributed by atoms with E-state index in [1.165, 1.54) is 12.8 Å². The van der Waals surface area contributed by atoms with Crippen molar-refractivity contribution in [2.45, 2.75) is 113 Å². The number of fused-ring (bicyclic) bond motifs is 1. The zero-order valence-corrected chi connectivity index (χ0v) is 33.7. The standard InChI is InChI=1S/C32H45N3O4S.C8H12N4O5/c1-21-25(15-10-16-28(21)36)30(38)33-26(20-40-24-13-6-5-7-14-24)29(37)19-35-18-23-12-9-8-11-22(23)17-27(35)31(39)34-32(2,3)4;9-6(16)7-10-2-12(11-7)8-5(15)4(14)3(1-13)17-8/h5-7,10,13-16,22-23,26-27,29,36-37H,8-9,11-12,17-20H2,1-4H3,(H,33,38)(H,34,39);2-5,8,13-15H,1H2,(H2,9,16)/t22-,23+,26-,27-,29+;3-,4-,5-,8-/m01/s1. The van der Waals surface area contributed by atoms with Gasteiger partial charge in [0.1, 0.15) is 30.4 Å². The minimum atomic E-state index is -1.27. The molecule has 6 rings (SSSR count). The number of phenols is 1. The Kier molecular flexibility index (Phi) is 15.1. The Morgan fingerprint density at radius 2 is 1.74 bits per heavy atom. The number of nitrogens with one attached hydrogen (secondary N) is 2. The van der Waals surface area contributed by atoms with Gasteiger partial charge in [0.15, 0.2) is 6.23 Å². The normalized spacial score (nSPS) is 26.0. The van der Waals surface area contributed by atoms with Gasteiger partial charge in [-0.15, -0.1) is 16.9 Å². The number of phenolic OH excluding ortho intramolecular Hbond substituents is 1. The summed E-state index contributed by atoms with van der Waals surface area (Å²) >= 11 is 1.57. The van der Waals surface area contributed by atoms with E-state index in [1.807, 2.05) is 51.1 Å². The van der Waals surface area contributed by atoms with Gasteiger partial charge in [-0.05, 0) is 76.6 Å². The molecule has 2 aliphatic heterocycles. The molecule has 3 aromatic rings. The van der Waals surface area contributed by atoms with Crippen LogP contribution >= 0.6 is 11.8 Å². The predicted octanol–water partition coefficient (Wildman–Crippen LogP) is 1.74. The number of β-amino-alcohol motifs (C(OH)–C–C–N with tert-alkyl or cyclic N) is 1. The summed E-state index contributed by atoms with van der Waals surface area (Å²) in [5.41, 5.74) is 5.51. The molecule has 2 aromatic carbocycles. The van der Waals surface area contributed by atoms with E-state index in [2.05, 4.69) is 25.6 Å². The molecule has 0 radical (unpaired) electrons. The van der Waals surface area contributed by atoms with E-state index < -0.39 is 49.2 Å². The number of carbonyl (C=O) groups excluding carboxylic acids is 3. The highest BCUT2D eigenvalue weighted by Crippen LogP contribution is 2.39. The maximum Gasteiger partial charge on any atom is 0.288 e. The zero-order valence-electron chi connectivity index (χ0n) is 32.9. The molecule has 3 heterocycles. The van der Waals surface area contributed by atoms with Crippen LogP contribution in [0.2, 0.25) is 0 Å². The minimum absolute atomic E-state index is 0.0124. The van der Waals surface area contributed by atoms with Crippen molar-refractivity contribution in [1.82, 2.24) is 30.3 Å². The molecule has 1 aromatic heterocycles. The number of rotatable bonds is 12. The van der Waals surface area contributed by atoms with Crippen molar-refractivity contribution < 1.29 is 44.7 Å². The molecule has 16 nitrogen and oxygen atoms in total. The Morgan fingerprint density at radius 1 is 1.04 bits per heavy atom. The molecule has 57 heavy (non-hydrogen) atoms. The van der Waals surface area contributed by atoms with Gasteiger partial charge < -0.3 is 46.6 Å². The molecule has 1 saturated carbocycles. The lowest BCUT2D eigenvalue weighted by Crippen LogP contribution is -2.60. The molecule has 17 heteroatoms. The van der Waals surface area contributed by atoms with Crippen molar-refractivity contribution in [3.8, 4) is 5.75 Å². The van der Waals surface area contributed by atoms with Crippen LogP contribution in [0.25, 0.3) is 0 Å². The molecule has 0 spiro atoms. The molecule has 9 N–H and O–H groups in total. The summed E-state index contributed by atoms with van der Waals surface area (Å²) in [6.07, 6.45) is 1.41. The van der Waals surface area contributed by atoms with E-state index in [0.29, 0.717) is 35.3 Å². The van der Waals surface area contributed by atoms with Crippen molar-refractivity contribution in [3.05, 3.63) is 71.8 Å². The number of aliphatic hydroxyl groups excluding tert-OH is 4. The summed E-state index contributed by atoms with van der Waals surface area (Å²) < 4.78 is 6.25. The number of aromatic hydroxyl groups is 1. The smallest absolute Gasteiger partial charge is 0.288 e. The number of thioether (sulfide) groups is 1. The fourth-order valence-corrected chi connectivity index (χ4v) is 8.70. The minimum Gasteiger partial charge on any atom is -0.508 e. The third-order valence-corrected chi connectivity index (χ3v) is 11.9. The summed E-state index contributed by atoms with van der Waals surface area (Å²) in [5, 5.41) is 59.8. The number of ether oxygens (including phenoxy) is 1. The first kappa shape index (κ1) is 44.0. The molecule has 1 aliphatic carbocycles. The Hall–Kier alpha value is -4.10. The molecule has 3 aliphatic rings. The van der Waals surface area contributed by atoms with Crippen LogP contribution in [0.4, 0.5) is 0 Å². The number of hydrogen-bond donors (Lipinski definition) is 8. The summed E-state index contributed by atoms with van der Waals surface area (Å²) in [4.78, 5) is 44.4. The average molecular weight is 812 g/mol. The van der Waals surface area contributed by atoms with Crippen LogP contribution in [0.5, 0.6) is 5.75 Å². The molecule has 0 bridgehead atoms. The van der Waals surface area contributed by atoms with E-state index in [4.69, 9.17) is 15.6 Å². The molecule has 312 valence electrons. The molecular weight excluding hydrogens is 755 g/mol. The van der Waals surface area contributed by atoms with Crippen LogP contribution in [-0.4, -0.2) is 130 Å². The summed E-state index contributed by atoms with van der Waals surface area (Å²) in [6, 6.07) is 13.9. The highest BCUT2D eigenvalue weighted by Gasteiger charge is 2.44. The number of aliphatic hydroxyl groups is 4. The van der Waals surface area contributed by atoms with Gasteiger partial charge in [-0.25, -0.2) is 9.67 Å². The number of primary amides is 1. The number of nitrogens with zero attached hydrogens (tertiary/aromatic N) is 4. The van der Waals surface area contributed by atoms with Gasteiger partial charge in [-0.2, -0.15) is 0 Å². The van der Waals surface area contributed by atoms with Gasteiger partial charge in [-0.3, -0.25) is 19.3 Å². The number of benzene rings is 2. The van der Waals surface area contributed by atoms with E-state index in [9.17, 15) is 34.8 Å². The van der Waals surface area contributed by atoms with Crippen LogP contribution in [0.1, 0.15) is 85.6 Å². The largest absolute Gasteiger partial charge is 0.508 e. The molecule has 3 amide bonds. The molecule has 9 atom stereocenters. The third kappa shape index (κ3) is 11.5. The second-order valence-electron chi connectivity index (χ2n) is 16.1. The second kappa shape index (κ2) is 19.6. The van der Waals surface area contributed by atoms with Gasteiger partial charge in [0.25, 0.3) is 11.8 Å². The maximum absolute atomic E-state index is 13.5. The van der Waals surface area contributed by atoms with E-state index in [1.54, 1.807) is 36.9 Å². The Labute approximate surface area is 337 Å². The van der Waals surface area contributed by atoms with Gasteiger partial charge in [0, 0.05) is 40.4 Å². The van der Waals surface area contributed by atoms with Crippen molar-refractivity contribution in [3.63, 3.8) is 0 Å². The predicted molar refractivity (Wildman–Crippen MR) is 212 cm³/mol. The lowest BCUT2D eigenvalue weighted by atomic mass is 9.72. The molecular formula is C40H57N7O9S. The van der Waals surface area contributed by atoms with Crippen molar-refractivity contribution in [1.29, 1.82) is 0 Å². The average Bonchev–Trinajstić information content (AvgIpc) is 3.78. The number of nitrogens with two attached hydrogens (primary N) is 1. The fraction of sp³-hybridized carbons (Fsp3) is 0.575. The zero-order chi connectivity index (χ0) is 41.4. The van der Waals surface area contributed by atoms with E-state index in [-0.39, 0.29) is 35.0 Å². The maximum atomic E-state index is 13.5. The Bertz CT molecular complexity index is 1810. The number of hydrogen-bond acceptors (Lipinski definition) is 13. The lowest BCUT2D eigenvalue weighted by Gasteiger charge is -2.47. The molecule has 0 unspecified atom stereocenters. The monoisotopic (exact) mass is 811 g/mol. The van der Waals surface area contributed by atoms with Crippen LogP contribution in [-0.2, 0) is 9.53 Å². The number of carbonyl (C=O) groups is 3.